The van der Waals surface area contributed by atoms with Crippen LogP contribution in [-0.4, -0.2) is 44.4 Å². The van der Waals surface area contributed by atoms with E-state index in [0.717, 1.165) is 12.8 Å². The first-order valence-electron chi connectivity index (χ1n) is 13.6. The zero-order chi connectivity index (χ0) is 32.2. The van der Waals surface area contributed by atoms with Crippen molar-refractivity contribution in [2.45, 2.75) is 151 Å². The first kappa shape index (κ1) is 40.2. The van der Waals surface area contributed by atoms with Crippen LogP contribution in [0.5, 0.6) is 0 Å². The number of alkyl halides is 14. The highest BCUT2D eigenvalue weighted by Crippen LogP contribution is 2.49. The van der Waals surface area contributed by atoms with Gasteiger partial charge in [0.05, 0.1) is 0 Å². The zero-order valence-corrected chi connectivity index (χ0v) is 23.7. The van der Waals surface area contributed by atoms with Crippen LogP contribution in [0, 0.1) is 0 Å². The molecule has 4 N–H and O–H groups in total. The molecule has 0 fully saturated rings. The van der Waals surface area contributed by atoms with Crippen LogP contribution in [0.1, 0.15) is 103 Å². The number of nitrogens with two attached hydrogens (primary N) is 2. The van der Waals surface area contributed by atoms with Crippen molar-refractivity contribution < 1.29 is 61.5 Å². The second-order valence-corrected chi connectivity index (χ2v) is 14.2. The molecule has 41 heavy (non-hydrogen) atoms. The van der Waals surface area contributed by atoms with Crippen LogP contribution in [-0.2, 0) is 0 Å². The van der Waals surface area contributed by atoms with Crippen LogP contribution < -0.4 is 10.8 Å². The van der Waals surface area contributed by atoms with Crippen molar-refractivity contribution in [1.82, 2.24) is 0 Å². The Kier molecular flexibility index (Phi) is 16.0. The quantitative estimate of drug-likeness (QED) is 0.0696. The molecule has 2 nitrogen and oxygen atoms in total. The molecule has 0 heterocycles. The van der Waals surface area contributed by atoms with E-state index in [-0.39, 0.29) is 12.8 Å². The van der Waals surface area contributed by atoms with Crippen molar-refractivity contribution in [3.05, 3.63) is 0 Å². The standard InChI is InChI=1S/C24H40F14N2Si/c25-19(26,21(29,30)23(33,34)35)15-11-7-3-1-5-9-13-17-41(39,40)18-14-10-6-2-4-8-12-16-20(27,28)22(31,32)24(36,37)38/h1-18,39-40H2. The Balaban J connectivity index is 3.86. The second-order valence-electron chi connectivity index (χ2n) is 10.7. The SMILES string of the molecule is N[Si](N)(CCCCCCCCCC(F)(F)C(F)(F)C(F)(F)F)CCCCCCCCCC(F)(F)C(F)(F)C(F)(F)F. The first-order valence-corrected chi connectivity index (χ1v) is 16.2. The van der Waals surface area contributed by atoms with E-state index >= 15 is 0 Å². The molecule has 0 aromatic heterocycles. The van der Waals surface area contributed by atoms with Gasteiger partial charge in [0.25, 0.3) is 0 Å². The van der Waals surface area contributed by atoms with Crippen LogP contribution in [0.3, 0.4) is 0 Å². The van der Waals surface area contributed by atoms with E-state index in [1.54, 1.807) is 0 Å². The largest absolute Gasteiger partial charge is 0.459 e. The van der Waals surface area contributed by atoms with E-state index in [9.17, 15) is 61.5 Å². The first-order chi connectivity index (χ1) is 18.4. The summed E-state index contributed by atoms with van der Waals surface area (Å²) in [6.07, 6.45) is -10.2. The summed E-state index contributed by atoms with van der Waals surface area (Å²) < 4.78 is 177. The van der Waals surface area contributed by atoms with E-state index in [1.807, 2.05) is 0 Å². The highest BCUT2D eigenvalue weighted by atomic mass is 28.3. The molecule has 248 valence electrons. The lowest BCUT2D eigenvalue weighted by Gasteiger charge is -2.28. The molecule has 0 aliphatic heterocycles. The fraction of sp³-hybridized carbons (Fsp3) is 1.00. The fourth-order valence-corrected chi connectivity index (χ4v) is 6.29. The number of unbranched alkanes of at least 4 members (excludes halogenated alkanes) is 12. The van der Waals surface area contributed by atoms with Crippen molar-refractivity contribution >= 4 is 8.40 Å². The molecule has 0 aromatic rings. The molecule has 0 atom stereocenters. The van der Waals surface area contributed by atoms with Gasteiger partial charge in [0.15, 0.2) is 8.40 Å². The molecule has 0 aromatic carbocycles. The van der Waals surface area contributed by atoms with Gasteiger partial charge in [-0.15, -0.1) is 0 Å². The minimum atomic E-state index is -6.31. The van der Waals surface area contributed by atoms with Gasteiger partial charge in [-0.25, -0.2) is 0 Å². The highest BCUT2D eigenvalue weighted by molar-refractivity contribution is 6.73. The molecule has 0 saturated heterocycles. The number of hydrogen-bond acceptors (Lipinski definition) is 2. The van der Waals surface area contributed by atoms with Gasteiger partial charge in [-0.1, -0.05) is 77.0 Å². The van der Waals surface area contributed by atoms with E-state index < -0.39 is 70.1 Å². The number of hydrogen-bond donors (Lipinski definition) is 2. The van der Waals surface area contributed by atoms with Gasteiger partial charge in [-0.3, -0.25) is 0 Å². The summed E-state index contributed by atoms with van der Waals surface area (Å²) in [4.78, 5) is 0. The molecule has 0 radical (unpaired) electrons. The summed E-state index contributed by atoms with van der Waals surface area (Å²) in [5.41, 5.74) is 0. The Morgan fingerprint density at radius 1 is 0.341 bits per heavy atom. The zero-order valence-electron chi connectivity index (χ0n) is 22.7. The summed E-state index contributed by atoms with van der Waals surface area (Å²) in [5, 5.41) is 12.4. The summed E-state index contributed by atoms with van der Waals surface area (Å²) >= 11 is 0. The average molecular weight is 651 g/mol. The maximum Gasteiger partial charge on any atom is 0.459 e. The van der Waals surface area contributed by atoms with Gasteiger partial charge < -0.3 is 10.8 Å². The molecular formula is C24H40F14N2Si. The van der Waals surface area contributed by atoms with Gasteiger partial charge >= 0.3 is 36.0 Å². The molecule has 0 saturated carbocycles. The van der Waals surface area contributed by atoms with Crippen LogP contribution >= 0.6 is 0 Å². The summed E-state index contributed by atoms with van der Waals surface area (Å²) in [7, 11) is -2.47. The Morgan fingerprint density at radius 2 is 0.561 bits per heavy atom. The van der Waals surface area contributed by atoms with Crippen molar-refractivity contribution in [3.8, 4) is 0 Å². The topological polar surface area (TPSA) is 52.0 Å². The van der Waals surface area contributed by atoms with Crippen LogP contribution in [0.15, 0.2) is 0 Å². The Labute approximate surface area is 232 Å². The molecule has 17 heteroatoms. The van der Waals surface area contributed by atoms with E-state index in [0.29, 0.717) is 63.5 Å². The molecule has 0 aliphatic rings. The maximum atomic E-state index is 13.2. The van der Waals surface area contributed by atoms with Gasteiger partial charge in [-0.05, 0) is 24.9 Å². The van der Waals surface area contributed by atoms with Gasteiger partial charge in [0.2, 0.25) is 0 Å². The molecule has 0 amide bonds. The molecule has 0 rings (SSSR count). The molecule has 0 bridgehead atoms. The van der Waals surface area contributed by atoms with E-state index in [4.69, 9.17) is 10.8 Å². The van der Waals surface area contributed by atoms with Crippen molar-refractivity contribution in [3.63, 3.8) is 0 Å². The monoisotopic (exact) mass is 650 g/mol. The highest BCUT2D eigenvalue weighted by Gasteiger charge is 2.73. The summed E-state index contributed by atoms with van der Waals surface area (Å²) in [6.45, 7) is 0. The summed E-state index contributed by atoms with van der Waals surface area (Å²) in [5.74, 6) is -22.5. The third-order valence-electron chi connectivity index (χ3n) is 6.90. The maximum absolute atomic E-state index is 13.2. The normalized spacial score (nSPS) is 14.6. The lowest BCUT2D eigenvalue weighted by Crippen LogP contribution is -2.55. The third-order valence-corrected chi connectivity index (χ3v) is 9.47. The Morgan fingerprint density at radius 3 is 0.805 bits per heavy atom. The predicted molar refractivity (Wildman–Crippen MR) is 130 cm³/mol. The summed E-state index contributed by atoms with van der Waals surface area (Å²) in [6, 6.07) is 1.23. The van der Waals surface area contributed by atoms with Crippen molar-refractivity contribution in [2.24, 2.45) is 10.8 Å². The third kappa shape index (κ3) is 13.6. The lowest BCUT2D eigenvalue weighted by molar-refractivity contribution is -0.356. The minimum absolute atomic E-state index is 0.0937. The van der Waals surface area contributed by atoms with Gasteiger partial charge in [0, 0.05) is 12.8 Å². The molecule has 0 unspecified atom stereocenters. The van der Waals surface area contributed by atoms with Crippen LogP contribution in [0.2, 0.25) is 12.1 Å². The number of rotatable bonds is 22. The lowest BCUT2D eigenvalue weighted by atomic mass is 10.0. The van der Waals surface area contributed by atoms with Crippen molar-refractivity contribution in [2.75, 3.05) is 0 Å². The Hall–Kier alpha value is -0.843. The minimum Gasteiger partial charge on any atom is -0.339 e. The molecular weight excluding hydrogens is 610 g/mol. The average Bonchev–Trinajstić information content (AvgIpc) is 2.80. The van der Waals surface area contributed by atoms with Crippen molar-refractivity contribution in [1.29, 1.82) is 0 Å². The number of halogens is 14. The smallest absolute Gasteiger partial charge is 0.339 e. The molecule has 0 aliphatic carbocycles. The predicted octanol–water partition coefficient (Wildman–Crippen LogP) is 10.3. The Bertz CT molecular complexity index is 666. The second kappa shape index (κ2) is 16.3. The molecule has 0 spiro atoms. The van der Waals surface area contributed by atoms with Gasteiger partial charge in [-0.2, -0.15) is 61.5 Å². The fourth-order valence-electron chi connectivity index (χ4n) is 4.22. The van der Waals surface area contributed by atoms with E-state index in [1.165, 1.54) is 0 Å². The van der Waals surface area contributed by atoms with Crippen LogP contribution in [0.25, 0.3) is 0 Å². The van der Waals surface area contributed by atoms with E-state index in [2.05, 4.69) is 0 Å². The van der Waals surface area contributed by atoms with Crippen LogP contribution in [0.4, 0.5) is 61.5 Å². The van der Waals surface area contributed by atoms with Gasteiger partial charge in [0.1, 0.15) is 0 Å².